The predicted octanol–water partition coefficient (Wildman–Crippen LogP) is 4.07. The van der Waals surface area contributed by atoms with Gasteiger partial charge >= 0.3 is 0 Å². The Morgan fingerprint density at radius 1 is 1.26 bits per heavy atom. The Kier molecular flexibility index (Phi) is 3.30. The highest BCUT2D eigenvalue weighted by Crippen LogP contribution is 2.34. The Bertz CT molecular complexity index is 602. The summed E-state index contributed by atoms with van der Waals surface area (Å²) in [5.74, 6) is 0.894. The molecular weight excluding hydrogens is 265 g/mol. The molecule has 0 aliphatic carbocycles. The van der Waals surface area contributed by atoms with Crippen LogP contribution in [-0.2, 0) is 0 Å². The number of para-hydroxylation sites is 1. The van der Waals surface area contributed by atoms with Gasteiger partial charge in [-0.1, -0.05) is 29.8 Å². The van der Waals surface area contributed by atoms with Gasteiger partial charge in [0.25, 0.3) is 0 Å². The van der Waals surface area contributed by atoms with Gasteiger partial charge in [-0.15, -0.1) is 0 Å². The maximum absolute atomic E-state index is 13.2. The average Bonchev–Trinajstić information content (AvgIpc) is 2.83. The van der Waals surface area contributed by atoms with E-state index >= 15 is 0 Å². The number of hydrogen-bond acceptors (Lipinski definition) is 2. The maximum Gasteiger partial charge on any atom is 0.125 e. The molecule has 98 valence electrons. The molecule has 19 heavy (non-hydrogen) atoms. The Hall–Kier alpha value is -1.74. The molecule has 0 radical (unpaired) electrons. The van der Waals surface area contributed by atoms with Crippen molar-refractivity contribution in [1.82, 2.24) is 0 Å². The lowest BCUT2D eigenvalue weighted by atomic mass is 10.0. The molecule has 2 aromatic carbocycles. The summed E-state index contributed by atoms with van der Waals surface area (Å²) >= 11 is 6.02. The molecule has 0 spiro atoms. The molecule has 0 amide bonds. The molecule has 1 unspecified atom stereocenters. The van der Waals surface area contributed by atoms with Crippen LogP contribution in [0.25, 0.3) is 0 Å². The Morgan fingerprint density at radius 2 is 2.11 bits per heavy atom. The van der Waals surface area contributed by atoms with Crippen molar-refractivity contribution in [2.75, 3.05) is 18.5 Å². The number of nitrogens with one attached hydrogen (secondary N) is 1. The molecule has 0 bridgehead atoms. The van der Waals surface area contributed by atoms with Crippen molar-refractivity contribution < 1.29 is 9.13 Å². The highest BCUT2D eigenvalue weighted by atomic mass is 35.5. The largest absolute Gasteiger partial charge is 0.493 e. The van der Waals surface area contributed by atoms with Crippen LogP contribution in [0.4, 0.5) is 10.1 Å². The summed E-state index contributed by atoms with van der Waals surface area (Å²) in [7, 11) is 0. The van der Waals surface area contributed by atoms with E-state index in [0.717, 1.165) is 5.75 Å². The van der Waals surface area contributed by atoms with Gasteiger partial charge in [0, 0.05) is 18.0 Å². The van der Waals surface area contributed by atoms with Gasteiger partial charge in [-0.25, -0.2) is 4.39 Å². The first kappa shape index (κ1) is 12.3. The van der Waals surface area contributed by atoms with E-state index in [9.17, 15) is 4.39 Å². The number of anilines is 1. The van der Waals surface area contributed by atoms with Gasteiger partial charge in [-0.05, 0) is 24.3 Å². The quantitative estimate of drug-likeness (QED) is 0.913. The highest BCUT2D eigenvalue weighted by Gasteiger charge is 2.23. The number of benzene rings is 2. The number of halogens is 2. The van der Waals surface area contributed by atoms with Crippen LogP contribution in [0.1, 0.15) is 11.5 Å². The zero-order valence-electron chi connectivity index (χ0n) is 10.2. The number of hydrogen-bond donors (Lipinski definition) is 1. The molecule has 0 fully saturated rings. The fraction of sp³-hybridized carbons (Fsp3) is 0.200. The van der Waals surface area contributed by atoms with Crippen molar-refractivity contribution in [2.24, 2.45) is 0 Å². The summed E-state index contributed by atoms with van der Waals surface area (Å²) in [6, 6.07) is 12.3. The van der Waals surface area contributed by atoms with Crippen LogP contribution < -0.4 is 10.1 Å². The minimum atomic E-state index is -0.296. The van der Waals surface area contributed by atoms with Gasteiger partial charge in [-0.2, -0.15) is 0 Å². The van der Waals surface area contributed by atoms with Crippen LogP contribution in [0.3, 0.4) is 0 Å². The molecule has 4 heteroatoms. The first-order valence-electron chi connectivity index (χ1n) is 6.14. The molecule has 1 aliphatic rings. The molecule has 1 heterocycles. The lowest BCUT2D eigenvalue weighted by Crippen LogP contribution is -2.14. The molecule has 2 nitrogen and oxygen atoms in total. The first-order valence-corrected chi connectivity index (χ1v) is 6.52. The molecule has 0 saturated heterocycles. The minimum absolute atomic E-state index is 0.260. The standard InChI is InChI=1S/C15H13ClFNO/c16-13-6-5-11(17)7-14(13)18-8-10-9-19-15-4-2-1-3-12(10)15/h1-7,10,18H,8-9H2. The highest BCUT2D eigenvalue weighted by molar-refractivity contribution is 6.33. The smallest absolute Gasteiger partial charge is 0.125 e. The SMILES string of the molecule is Fc1ccc(Cl)c(NCC2COc3ccccc32)c1. The van der Waals surface area contributed by atoms with Gasteiger partial charge in [-0.3, -0.25) is 0 Å². The first-order chi connectivity index (χ1) is 9.24. The van der Waals surface area contributed by atoms with Gasteiger partial charge < -0.3 is 10.1 Å². The summed E-state index contributed by atoms with van der Waals surface area (Å²) in [5.41, 5.74) is 1.80. The zero-order chi connectivity index (χ0) is 13.2. The molecular formula is C15H13ClFNO. The predicted molar refractivity (Wildman–Crippen MR) is 74.6 cm³/mol. The monoisotopic (exact) mass is 277 g/mol. The lowest BCUT2D eigenvalue weighted by molar-refractivity contribution is 0.334. The Balaban J connectivity index is 1.72. The fourth-order valence-corrected chi connectivity index (χ4v) is 2.45. The van der Waals surface area contributed by atoms with Crippen LogP contribution in [-0.4, -0.2) is 13.2 Å². The van der Waals surface area contributed by atoms with Gasteiger partial charge in [0.15, 0.2) is 0 Å². The van der Waals surface area contributed by atoms with Crippen molar-refractivity contribution in [3.8, 4) is 5.75 Å². The van der Waals surface area contributed by atoms with Crippen LogP contribution in [0.2, 0.25) is 5.02 Å². The van der Waals surface area contributed by atoms with E-state index in [-0.39, 0.29) is 11.7 Å². The molecule has 0 aromatic heterocycles. The molecule has 2 aromatic rings. The summed E-state index contributed by atoms with van der Waals surface area (Å²) < 4.78 is 18.8. The Morgan fingerprint density at radius 3 is 3.00 bits per heavy atom. The van der Waals surface area contributed by atoms with Crippen LogP contribution in [0.5, 0.6) is 5.75 Å². The second kappa shape index (κ2) is 5.10. The summed E-state index contributed by atoms with van der Waals surface area (Å²) in [5, 5.41) is 3.71. The summed E-state index contributed by atoms with van der Waals surface area (Å²) in [6.07, 6.45) is 0. The summed E-state index contributed by atoms with van der Waals surface area (Å²) in [4.78, 5) is 0. The molecule has 1 atom stereocenters. The average molecular weight is 278 g/mol. The van der Waals surface area contributed by atoms with Crippen molar-refractivity contribution >= 4 is 17.3 Å². The van der Waals surface area contributed by atoms with Gasteiger partial charge in [0.2, 0.25) is 0 Å². The molecule has 1 N–H and O–H groups in total. The fourth-order valence-electron chi connectivity index (χ4n) is 2.26. The number of fused-ring (bicyclic) bond motifs is 1. The van der Waals surface area contributed by atoms with E-state index in [1.165, 1.54) is 17.7 Å². The minimum Gasteiger partial charge on any atom is -0.493 e. The topological polar surface area (TPSA) is 21.3 Å². The van der Waals surface area contributed by atoms with Gasteiger partial charge in [0.1, 0.15) is 11.6 Å². The lowest BCUT2D eigenvalue weighted by Gasteiger charge is -2.13. The van der Waals surface area contributed by atoms with E-state index in [1.807, 2.05) is 18.2 Å². The van der Waals surface area contributed by atoms with E-state index in [0.29, 0.717) is 23.9 Å². The van der Waals surface area contributed by atoms with Crippen molar-refractivity contribution in [3.05, 3.63) is 58.9 Å². The number of ether oxygens (including phenoxy) is 1. The van der Waals surface area contributed by atoms with E-state index in [1.54, 1.807) is 6.07 Å². The third-order valence-corrected chi connectivity index (χ3v) is 3.60. The Labute approximate surface area is 116 Å². The van der Waals surface area contributed by atoms with Crippen LogP contribution in [0.15, 0.2) is 42.5 Å². The summed E-state index contributed by atoms with van der Waals surface area (Å²) in [6.45, 7) is 1.31. The van der Waals surface area contributed by atoms with Gasteiger partial charge in [0.05, 0.1) is 17.3 Å². The molecule has 1 aliphatic heterocycles. The third-order valence-electron chi connectivity index (χ3n) is 3.27. The number of rotatable bonds is 3. The van der Waals surface area contributed by atoms with E-state index < -0.39 is 0 Å². The van der Waals surface area contributed by atoms with Crippen LogP contribution >= 0.6 is 11.6 Å². The second-order valence-electron chi connectivity index (χ2n) is 4.55. The van der Waals surface area contributed by atoms with Crippen molar-refractivity contribution in [1.29, 1.82) is 0 Å². The molecule has 3 rings (SSSR count). The van der Waals surface area contributed by atoms with E-state index in [4.69, 9.17) is 16.3 Å². The maximum atomic E-state index is 13.2. The zero-order valence-corrected chi connectivity index (χ0v) is 11.0. The van der Waals surface area contributed by atoms with Crippen LogP contribution in [0, 0.1) is 5.82 Å². The normalized spacial score (nSPS) is 16.8. The molecule has 0 saturated carbocycles. The second-order valence-corrected chi connectivity index (χ2v) is 4.96. The third kappa shape index (κ3) is 2.51. The van der Waals surface area contributed by atoms with Crippen molar-refractivity contribution in [3.63, 3.8) is 0 Å². The van der Waals surface area contributed by atoms with E-state index in [2.05, 4.69) is 11.4 Å². The van der Waals surface area contributed by atoms with Crippen molar-refractivity contribution in [2.45, 2.75) is 5.92 Å².